The molecule has 0 bridgehead atoms. The van der Waals surface area contributed by atoms with Crippen LogP contribution in [0.25, 0.3) is 0 Å². The van der Waals surface area contributed by atoms with Crippen LogP contribution in [-0.2, 0) is 9.84 Å². The average Bonchev–Trinajstić information content (AvgIpc) is 2.68. The summed E-state index contributed by atoms with van der Waals surface area (Å²) in [6.45, 7) is 5.20. The van der Waals surface area contributed by atoms with Gasteiger partial charge in [-0.15, -0.1) is 12.6 Å². The molecule has 0 aliphatic carbocycles. The Hall–Kier alpha value is -1.61. The summed E-state index contributed by atoms with van der Waals surface area (Å²) in [5.41, 5.74) is 1.51. The van der Waals surface area contributed by atoms with E-state index in [9.17, 15) is 8.42 Å². The van der Waals surface area contributed by atoms with Crippen molar-refractivity contribution in [1.29, 1.82) is 0 Å². The van der Waals surface area contributed by atoms with Crippen molar-refractivity contribution in [1.82, 2.24) is 9.80 Å². The highest BCUT2D eigenvalue weighted by molar-refractivity contribution is 8.10. The average molecular weight is 420 g/mol. The number of fused-ring (bicyclic) bond motifs is 2. The number of anilines is 2. The minimum atomic E-state index is -3.48. The van der Waals surface area contributed by atoms with Gasteiger partial charge in [0.25, 0.3) is 0 Å². The fourth-order valence-electron chi connectivity index (χ4n) is 3.71. The van der Waals surface area contributed by atoms with Gasteiger partial charge in [-0.05, 0) is 24.3 Å². The first-order valence-electron chi connectivity index (χ1n) is 8.89. The lowest BCUT2D eigenvalue weighted by molar-refractivity contribution is 0.190. The quantitative estimate of drug-likeness (QED) is 0.610. The number of benzene rings is 2. The molecule has 1 fully saturated rings. The van der Waals surface area contributed by atoms with Crippen molar-refractivity contribution >= 4 is 50.4 Å². The van der Waals surface area contributed by atoms with Gasteiger partial charge in [-0.3, -0.25) is 4.90 Å². The van der Waals surface area contributed by atoms with Gasteiger partial charge >= 0.3 is 0 Å². The van der Waals surface area contributed by atoms with Gasteiger partial charge in [-0.25, -0.2) is 8.42 Å². The van der Waals surface area contributed by atoms with Gasteiger partial charge in [0.1, 0.15) is 4.32 Å². The summed E-state index contributed by atoms with van der Waals surface area (Å²) in [6, 6.07) is 14.5. The molecule has 0 aromatic heterocycles. The first-order chi connectivity index (χ1) is 13.0. The molecule has 2 heterocycles. The topological polar surface area (TPSA) is 43.9 Å². The molecule has 2 aliphatic rings. The highest BCUT2D eigenvalue weighted by Gasteiger charge is 2.33. The van der Waals surface area contributed by atoms with Gasteiger partial charge < -0.3 is 9.80 Å². The molecule has 0 N–H and O–H groups in total. The van der Waals surface area contributed by atoms with Gasteiger partial charge in [-0.2, -0.15) is 0 Å². The summed E-state index contributed by atoms with van der Waals surface area (Å²) >= 11 is 9.40. The Morgan fingerprint density at radius 2 is 1.41 bits per heavy atom. The maximum atomic E-state index is 13.0. The van der Waals surface area contributed by atoms with Gasteiger partial charge in [0.05, 0.1) is 21.2 Å². The minimum absolute atomic E-state index is 0.383. The van der Waals surface area contributed by atoms with Crippen LogP contribution >= 0.6 is 24.8 Å². The molecule has 5 nitrogen and oxygen atoms in total. The van der Waals surface area contributed by atoms with Gasteiger partial charge in [0, 0.05) is 39.3 Å². The van der Waals surface area contributed by atoms with E-state index in [4.69, 9.17) is 12.2 Å². The van der Waals surface area contributed by atoms with Crippen molar-refractivity contribution in [3.8, 4) is 0 Å². The number of rotatable bonds is 3. The Labute approximate surface area is 170 Å². The van der Waals surface area contributed by atoms with E-state index in [1.54, 1.807) is 24.3 Å². The zero-order valence-electron chi connectivity index (χ0n) is 14.8. The van der Waals surface area contributed by atoms with E-state index >= 15 is 0 Å². The third-order valence-corrected chi connectivity index (χ3v) is 7.56. The second-order valence-corrected chi connectivity index (χ2v) is 9.70. The summed E-state index contributed by atoms with van der Waals surface area (Å²) < 4.78 is 26.6. The Bertz CT molecular complexity index is 916. The van der Waals surface area contributed by atoms with Gasteiger partial charge in [-0.1, -0.05) is 36.5 Å². The lowest BCUT2D eigenvalue weighted by atomic mass is 10.2. The summed E-state index contributed by atoms with van der Waals surface area (Å²) in [6.07, 6.45) is 0. The summed E-state index contributed by atoms with van der Waals surface area (Å²) in [7, 11) is -3.48. The molecule has 0 saturated carbocycles. The van der Waals surface area contributed by atoms with Crippen LogP contribution in [0.3, 0.4) is 0 Å². The van der Waals surface area contributed by atoms with Crippen LogP contribution in [0.15, 0.2) is 58.3 Å². The Morgan fingerprint density at radius 1 is 0.889 bits per heavy atom. The first kappa shape index (κ1) is 18.7. The lowest BCUT2D eigenvalue weighted by Gasteiger charge is -2.38. The van der Waals surface area contributed by atoms with Crippen molar-refractivity contribution in [3.63, 3.8) is 0 Å². The number of nitrogens with zero attached hydrogens (tertiary/aromatic N) is 3. The highest BCUT2D eigenvalue weighted by Crippen LogP contribution is 2.43. The fraction of sp³-hybridized carbons (Fsp3) is 0.316. The Kier molecular flexibility index (Phi) is 5.15. The predicted molar refractivity (Wildman–Crippen MR) is 115 cm³/mol. The van der Waals surface area contributed by atoms with Crippen LogP contribution in [0.2, 0.25) is 0 Å². The van der Waals surface area contributed by atoms with E-state index in [0.29, 0.717) is 14.1 Å². The van der Waals surface area contributed by atoms with E-state index < -0.39 is 9.84 Å². The smallest absolute Gasteiger partial charge is 0.210 e. The number of thiocarbonyl (C=S) groups is 1. The molecule has 27 heavy (non-hydrogen) atoms. The maximum Gasteiger partial charge on any atom is 0.210 e. The van der Waals surface area contributed by atoms with Crippen LogP contribution in [0.1, 0.15) is 0 Å². The molecule has 0 spiro atoms. The van der Waals surface area contributed by atoms with Crippen LogP contribution in [-0.4, -0.2) is 61.8 Å². The molecule has 0 radical (unpaired) electrons. The monoisotopic (exact) mass is 419 g/mol. The molecule has 0 amide bonds. The molecule has 2 aliphatic heterocycles. The van der Waals surface area contributed by atoms with Crippen molar-refractivity contribution < 1.29 is 8.42 Å². The molecule has 2 aromatic rings. The van der Waals surface area contributed by atoms with E-state index in [0.717, 1.165) is 50.6 Å². The zero-order chi connectivity index (χ0) is 19.0. The van der Waals surface area contributed by atoms with Crippen LogP contribution < -0.4 is 4.90 Å². The number of hydrogen-bond donors (Lipinski definition) is 1. The van der Waals surface area contributed by atoms with Crippen LogP contribution in [0.4, 0.5) is 11.4 Å². The molecule has 142 valence electrons. The Balaban J connectivity index is 1.58. The van der Waals surface area contributed by atoms with Crippen LogP contribution in [0, 0.1) is 0 Å². The second kappa shape index (κ2) is 7.43. The number of thiol groups is 1. The summed E-state index contributed by atoms with van der Waals surface area (Å²) in [5.74, 6) is 0. The SMILES string of the molecule is O=S1(=O)c2ccccc2N(CCN2CCN(C(=S)S)CC2)c2ccccc21. The second-order valence-electron chi connectivity index (χ2n) is 6.70. The zero-order valence-corrected chi connectivity index (χ0v) is 17.3. The molecule has 0 atom stereocenters. The number of piperazine rings is 1. The van der Waals surface area contributed by atoms with Gasteiger partial charge in [0.2, 0.25) is 9.84 Å². The van der Waals surface area contributed by atoms with Crippen molar-refractivity contribution in [2.24, 2.45) is 0 Å². The van der Waals surface area contributed by atoms with E-state index in [1.807, 2.05) is 24.3 Å². The van der Waals surface area contributed by atoms with Crippen molar-refractivity contribution in [3.05, 3.63) is 48.5 Å². The largest absolute Gasteiger partial charge is 0.355 e. The number of sulfone groups is 1. The molecule has 4 rings (SSSR count). The van der Waals surface area contributed by atoms with Gasteiger partial charge in [0.15, 0.2) is 0 Å². The Morgan fingerprint density at radius 3 is 1.93 bits per heavy atom. The van der Waals surface area contributed by atoms with Crippen molar-refractivity contribution in [2.45, 2.75) is 9.79 Å². The van der Waals surface area contributed by atoms with Crippen molar-refractivity contribution in [2.75, 3.05) is 44.2 Å². The van der Waals surface area contributed by atoms with E-state index in [-0.39, 0.29) is 0 Å². The predicted octanol–water partition coefficient (Wildman–Crippen LogP) is 2.80. The molecule has 8 heteroatoms. The minimum Gasteiger partial charge on any atom is -0.355 e. The summed E-state index contributed by atoms with van der Waals surface area (Å²) in [4.78, 5) is 7.38. The molecule has 1 saturated heterocycles. The number of para-hydroxylation sites is 2. The first-order valence-corrected chi connectivity index (χ1v) is 11.2. The molecule has 2 aromatic carbocycles. The standard InChI is InChI=1S/C19H21N3O2S3/c23-27(24)17-7-3-1-5-15(17)22(16-6-2-4-8-18(16)27)14-11-20-9-12-21(13-10-20)19(25)26/h1-8H,9-14H2,(H,25,26). The van der Waals surface area contributed by atoms with Crippen LogP contribution in [0.5, 0.6) is 0 Å². The molecular formula is C19H21N3O2S3. The highest BCUT2D eigenvalue weighted by atomic mass is 32.2. The number of hydrogen-bond acceptors (Lipinski definition) is 5. The lowest BCUT2D eigenvalue weighted by Crippen LogP contribution is -2.49. The third-order valence-electron chi connectivity index (χ3n) is 5.17. The van der Waals surface area contributed by atoms with E-state index in [2.05, 4.69) is 27.3 Å². The molecule has 0 unspecified atom stereocenters. The normalized spacial score (nSPS) is 18.7. The fourth-order valence-corrected chi connectivity index (χ4v) is 5.75. The third kappa shape index (κ3) is 3.47. The maximum absolute atomic E-state index is 13.0. The molecular weight excluding hydrogens is 398 g/mol. The van der Waals surface area contributed by atoms with E-state index in [1.165, 1.54) is 0 Å². The summed E-state index contributed by atoms with van der Waals surface area (Å²) in [5, 5.41) is 0.